The highest BCUT2D eigenvalue weighted by Crippen LogP contribution is 2.29. The Morgan fingerprint density at radius 1 is 1.53 bits per heavy atom. The van der Waals surface area contributed by atoms with Crippen LogP contribution < -0.4 is 5.32 Å². The first-order chi connectivity index (χ1) is 7.97. The Hall–Kier alpha value is -0.830. The van der Waals surface area contributed by atoms with E-state index in [1.165, 1.54) is 0 Å². The molecule has 0 radical (unpaired) electrons. The molecule has 0 spiro atoms. The molecule has 1 aliphatic heterocycles. The Balaban J connectivity index is 2.52. The highest BCUT2D eigenvalue weighted by Gasteiger charge is 2.34. The fraction of sp³-hybridized carbons (Fsp3) is 0.786. The SMILES string of the molecule is C=CCC(C)C(=O)OC(C)(C)C1CCNCC1. The number of allylic oxidation sites excluding steroid dienone is 1. The van der Waals surface area contributed by atoms with Crippen LogP contribution in [0.3, 0.4) is 0 Å². The van der Waals surface area contributed by atoms with E-state index in [0.29, 0.717) is 12.3 Å². The summed E-state index contributed by atoms with van der Waals surface area (Å²) in [6.07, 6.45) is 4.61. The molecule has 17 heavy (non-hydrogen) atoms. The van der Waals surface area contributed by atoms with Gasteiger partial charge in [-0.25, -0.2) is 0 Å². The summed E-state index contributed by atoms with van der Waals surface area (Å²) in [6, 6.07) is 0. The average Bonchev–Trinajstić information content (AvgIpc) is 2.30. The van der Waals surface area contributed by atoms with E-state index in [1.54, 1.807) is 6.08 Å². The van der Waals surface area contributed by atoms with Gasteiger partial charge in [-0.1, -0.05) is 13.0 Å². The predicted molar refractivity (Wildman–Crippen MR) is 69.7 cm³/mol. The van der Waals surface area contributed by atoms with Crippen LogP contribution in [0.4, 0.5) is 0 Å². The smallest absolute Gasteiger partial charge is 0.309 e. The molecule has 1 unspecified atom stereocenters. The van der Waals surface area contributed by atoms with Crippen molar-refractivity contribution in [3.05, 3.63) is 12.7 Å². The normalized spacial score (nSPS) is 19.7. The van der Waals surface area contributed by atoms with Gasteiger partial charge in [0.25, 0.3) is 0 Å². The maximum absolute atomic E-state index is 11.9. The summed E-state index contributed by atoms with van der Waals surface area (Å²) in [5, 5.41) is 3.33. The highest BCUT2D eigenvalue weighted by molar-refractivity contribution is 5.72. The van der Waals surface area contributed by atoms with Gasteiger partial charge in [-0.2, -0.15) is 0 Å². The predicted octanol–water partition coefficient (Wildman–Crippen LogP) is 2.52. The Morgan fingerprint density at radius 3 is 2.65 bits per heavy atom. The summed E-state index contributed by atoms with van der Waals surface area (Å²) in [6.45, 7) is 11.6. The molecule has 1 N–H and O–H groups in total. The first-order valence-electron chi connectivity index (χ1n) is 6.52. The second-order valence-electron chi connectivity index (χ2n) is 5.47. The van der Waals surface area contributed by atoms with Crippen LogP contribution in [0.15, 0.2) is 12.7 Å². The van der Waals surface area contributed by atoms with Crippen LogP contribution in [0.5, 0.6) is 0 Å². The molecule has 0 bridgehead atoms. The van der Waals surface area contributed by atoms with E-state index >= 15 is 0 Å². The fourth-order valence-electron chi connectivity index (χ4n) is 2.31. The maximum atomic E-state index is 11.9. The van der Waals surface area contributed by atoms with E-state index in [2.05, 4.69) is 11.9 Å². The summed E-state index contributed by atoms with van der Waals surface area (Å²) in [5.41, 5.74) is -0.353. The molecular weight excluding hydrogens is 214 g/mol. The molecular formula is C14H25NO2. The maximum Gasteiger partial charge on any atom is 0.309 e. The molecule has 1 saturated heterocycles. The molecule has 0 aromatic heterocycles. The number of piperidine rings is 1. The van der Waals surface area contributed by atoms with Crippen molar-refractivity contribution in [1.82, 2.24) is 5.32 Å². The van der Waals surface area contributed by atoms with Crippen LogP contribution in [0.1, 0.15) is 40.0 Å². The Morgan fingerprint density at radius 2 is 2.12 bits per heavy atom. The summed E-state index contributed by atoms with van der Waals surface area (Å²) >= 11 is 0. The van der Waals surface area contributed by atoms with Gasteiger partial charge < -0.3 is 10.1 Å². The minimum Gasteiger partial charge on any atom is -0.459 e. The lowest BCUT2D eigenvalue weighted by Gasteiger charge is -2.37. The van der Waals surface area contributed by atoms with Crippen LogP contribution in [0.25, 0.3) is 0 Å². The van der Waals surface area contributed by atoms with Gasteiger partial charge in [-0.05, 0) is 46.2 Å². The molecule has 0 aromatic carbocycles. The Labute approximate surface area is 105 Å². The lowest BCUT2D eigenvalue weighted by atomic mass is 9.83. The van der Waals surface area contributed by atoms with Crippen LogP contribution in [0, 0.1) is 11.8 Å². The molecule has 3 heteroatoms. The summed E-state index contributed by atoms with van der Waals surface area (Å²) in [5.74, 6) is 0.269. The Kier molecular flexibility index (Phi) is 5.19. The van der Waals surface area contributed by atoms with Gasteiger partial charge >= 0.3 is 5.97 Å². The highest BCUT2D eigenvalue weighted by atomic mass is 16.6. The largest absolute Gasteiger partial charge is 0.459 e. The van der Waals surface area contributed by atoms with Crippen molar-refractivity contribution in [2.45, 2.75) is 45.6 Å². The molecule has 98 valence electrons. The zero-order valence-electron chi connectivity index (χ0n) is 11.3. The van der Waals surface area contributed by atoms with Crippen LogP contribution >= 0.6 is 0 Å². The van der Waals surface area contributed by atoms with Gasteiger partial charge in [0, 0.05) is 5.92 Å². The Bertz CT molecular complexity index is 267. The number of ether oxygens (including phenoxy) is 1. The van der Waals surface area contributed by atoms with Gasteiger partial charge in [0.1, 0.15) is 5.60 Å². The average molecular weight is 239 g/mol. The topological polar surface area (TPSA) is 38.3 Å². The minimum atomic E-state index is -0.353. The lowest BCUT2D eigenvalue weighted by Crippen LogP contribution is -2.43. The van der Waals surface area contributed by atoms with Crippen molar-refractivity contribution in [3.8, 4) is 0 Å². The van der Waals surface area contributed by atoms with Crippen LogP contribution in [-0.2, 0) is 9.53 Å². The molecule has 1 atom stereocenters. The third kappa shape index (κ3) is 4.15. The van der Waals surface area contributed by atoms with E-state index in [9.17, 15) is 4.79 Å². The number of rotatable bonds is 5. The lowest BCUT2D eigenvalue weighted by molar-refractivity contribution is -0.167. The van der Waals surface area contributed by atoms with Crippen molar-refractivity contribution < 1.29 is 9.53 Å². The quantitative estimate of drug-likeness (QED) is 0.592. The minimum absolute atomic E-state index is 0.0894. The summed E-state index contributed by atoms with van der Waals surface area (Å²) in [7, 11) is 0. The molecule has 0 aromatic rings. The van der Waals surface area contributed by atoms with E-state index in [-0.39, 0.29) is 17.5 Å². The van der Waals surface area contributed by atoms with Gasteiger partial charge in [0.15, 0.2) is 0 Å². The van der Waals surface area contributed by atoms with E-state index in [4.69, 9.17) is 4.74 Å². The summed E-state index contributed by atoms with van der Waals surface area (Å²) in [4.78, 5) is 11.9. The molecule has 1 heterocycles. The van der Waals surface area contributed by atoms with E-state index < -0.39 is 0 Å². The van der Waals surface area contributed by atoms with Gasteiger partial charge in [0.2, 0.25) is 0 Å². The third-order valence-corrected chi connectivity index (χ3v) is 3.61. The number of hydrogen-bond donors (Lipinski definition) is 1. The zero-order valence-corrected chi connectivity index (χ0v) is 11.3. The van der Waals surface area contributed by atoms with Crippen molar-refractivity contribution in [2.24, 2.45) is 11.8 Å². The standard InChI is InChI=1S/C14H25NO2/c1-5-6-11(2)13(16)17-14(3,4)12-7-9-15-10-8-12/h5,11-12,15H,1,6-10H2,2-4H3. The zero-order chi connectivity index (χ0) is 12.9. The molecule has 0 saturated carbocycles. The van der Waals surface area contributed by atoms with E-state index in [1.807, 2.05) is 20.8 Å². The number of esters is 1. The van der Waals surface area contributed by atoms with Crippen molar-refractivity contribution in [2.75, 3.05) is 13.1 Å². The first-order valence-corrected chi connectivity index (χ1v) is 6.52. The molecule has 1 rings (SSSR count). The molecule has 0 amide bonds. The number of carbonyl (C=O) groups excluding carboxylic acids is 1. The monoisotopic (exact) mass is 239 g/mol. The van der Waals surface area contributed by atoms with Crippen LogP contribution in [-0.4, -0.2) is 24.7 Å². The van der Waals surface area contributed by atoms with Gasteiger partial charge in [-0.15, -0.1) is 6.58 Å². The molecule has 0 aliphatic carbocycles. The molecule has 3 nitrogen and oxygen atoms in total. The summed E-state index contributed by atoms with van der Waals surface area (Å²) < 4.78 is 5.68. The third-order valence-electron chi connectivity index (χ3n) is 3.61. The van der Waals surface area contributed by atoms with Crippen molar-refractivity contribution in [3.63, 3.8) is 0 Å². The van der Waals surface area contributed by atoms with Gasteiger partial charge in [-0.3, -0.25) is 4.79 Å². The fourth-order valence-corrected chi connectivity index (χ4v) is 2.31. The molecule has 1 fully saturated rings. The van der Waals surface area contributed by atoms with Crippen LogP contribution in [0.2, 0.25) is 0 Å². The van der Waals surface area contributed by atoms with Crippen molar-refractivity contribution >= 4 is 5.97 Å². The number of hydrogen-bond acceptors (Lipinski definition) is 3. The first kappa shape index (κ1) is 14.2. The van der Waals surface area contributed by atoms with Crippen molar-refractivity contribution in [1.29, 1.82) is 0 Å². The van der Waals surface area contributed by atoms with E-state index in [0.717, 1.165) is 25.9 Å². The number of carbonyl (C=O) groups is 1. The second kappa shape index (κ2) is 6.20. The molecule has 1 aliphatic rings. The van der Waals surface area contributed by atoms with Gasteiger partial charge in [0.05, 0.1) is 5.92 Å². The second-order valence-corrected chi connectivity index (χ2v) is 5.47. The number of nitrogens with one attached hydrogen (secondary N) is 1.